The molecule has 2 heterocycles. The highest BCUT2D eigenvalue weighted by Crippen LogP contribution is 2.24. The summed E-state index contributed by atoms with van der Waals surface area (Å²) in [4.78, 5) is 4.80. The third-order valence-corrected chi connectivity index (χ3v) is 4.77. The Morgan fingerprint density at radius 1 is 1.38 bits per heavy atom. The number of hydrogen-bond acceptors (Lipinski definition) is 4. The van der Waals surface area contributed by atoms with Crippen LogP contribution in [0.4, 0.5) is 0 Å². The van der Waals surface area contributed by atoms with Crippen molar-refractivity contribution in [1.82, 2.24) is 10.3 Å². The van der Waals surface area contributed by atoms with Crippen LogP contribution in [0.1, 0.15) is 24.8 Å². The predicted molar refractivity (Wildman–Crippen MR) is 87.7 cm³/mol. The Balaban J connectivity index is 1.70. The number of hydrogen-bond donors (Lipinski definition) is 1. The van der Waals surface area contributed by atoms with E-state index >= 15 is 0 Å². The number of nitrogens with zero attached hydrogens (tertiary/aromatic N) is 1. The van der Waals surface area contributed by atoms with E-state index in [1.165, 1.54) is 17.0 Å². The van der Waals surface area contributed by atoms with Gasteiger partial charge in [0.25, 0.3) is 0 Å². The first kappa shape index (κ1) is 14.7. The first-order chi connectivity index (χ1) is 10.4. The SMILES string of the molecule is CCNC(Cc1nc(-c2ccccc2)cs1)C1CCCO1. The summed E-state index contributed by atoms with van der Waals surface area (Å²) >= 11 is 1.75. The Kier molecular flexibility index (Phi) is 5.01. The standard InChI is InChI=1S/C17H22N2OS/c1-2-18-14(16-9-6-10-20-16)11-17-19-15(12-21-17)13-7-4-3-5-8-13/h3-5,7-8,12,14,16,18H,2,6,9-11H2,1H3. The van der Waals surface area contributed by atoms with Crippen molar-refractivity contribution in [2.75, 3.05) is 13.2 Å². The van der Waals surface area contributed by atoms with Crippen molar-refractivity contribution < 1.29 is 4.74 Å². The zero-order valence-electron chi connectivity index (χ0n) is 12.4. The Hall–Kier alpha value is -1.23. The second-order valence-corrected chi connectivity index (χ2v) is 6.35. The van der Waals surface area contributed by atoms with Crippen molar-refractivity contribution in [2.24, 2.45) is 0 Å². The van der Waals surface area contributed by atoms with Crippen molar-refractivity contribution >= 4 is 11.3 Å². The molecule has 4 heteroatoms. The van der Waals surface area contributed by atoms with E-state index < -0.39 is 0 Å². The molecule has 1 N–H and O–H groups in total. The summed E-state index contributed by atoms with van der Waals surface area (Å²) in [5, 5.41) is 6.91. The van der Waals surface area contributed by atoms with Gasteiger partial charge in [0.1, 0.15) is 0 Å². The van der Waals surface area contributed by atoms with Crippen molar-refractivity contribution in [3.8, 4) is 11.3 Å². The molecule has 1 saturated heterocycles. The quantitative estimate of drug-likeness (QED) is 0.886. The van der Waals surface area contributed by atoms with E-state index in [0.29, 0.717) is 12.1 Å². The number of benzene rings is 1. The average molecular weight is 302 g/mol. The van der Waals surface area contributed by atoms with E-state index in [1.807, 2.05) is 6.07 Å². The molecule has 0 aliphatic carbocycles. The molecule has 0 amide bonds. The number of rotatable bonds is 6. The molecule has 0 saturated carbocycles. The first-order valence-electron chi connectivity index (χ1n) is 7.71. The van der Waals surface area contributed by atoms with Gasteiger partial charge in [-0.3, -0.25) is 0 Å². The minimum absolute atomic E-state index is 0.342. The minimum atomic E-state index is 0.342. The fourth-order valence-electron chi connectivity index (χ4n) is 2.85. The Labute approximate surface area is 130 Å². The molecule has 2 atom stereocenters. The molecule has 0 bridgehead atoms. The molecule has 1 aliphatic heterocycles. The maximum absolute atomic E-state index is 5.85. The normalized spacial score (nSPS) is 19.8. The molecule has 1 aromatic heterocycles. The topological polar surface area (TPSA) is 34.2 Å². The van der Waals surface area contributed by atoms with Gasteiger partial charge in [-0.15, -0.1) is 11.3 Å². The predicted octanol–water partition coefficient (Wildman–Crippen LogP) is 3.51. The highest BCUT2D eigenvalue weighted by atomic mass is 32.1. The maximum atomic E-state index is 5.85. The van der Waals surface area contributed by atoms with Crippen molar-refractivity contribution in [2.45, 2.75) is 38.3 Å². The van der Waals surface area contributed by atoms with Crippen LogP contribution in [0.15, 0.2) is 35.7 Å². The van der Waals surface area contributed by atoms with Crippen molar-refractivity contribution in [3.63, 3.8) is 0 Å². The molecule has 3 rings (SSSR count). The van der Waals surface area contributed by atoms with Crippen LogP contribution in [0, 0.1) is 0 Å². The van der Waals surface area contributed by atoms with Crippen molar-refractivity contribution in [1.29, 1.82) is 0 Å². The van der Waals surface area contributed by atoms with E-state index in [-0.39, 0.29) is 0 Å². The summed E-state index contributed by atoms with van der Waals surface area (Å²) in [5.74, 6) is 0. The molecule has 3 nitrogen and oxygen atoms in total. The van der Waals surface area contributed by atoms with Crippen LogP contribution in [0.3, 0.4) is 0 Å². The summed E-state index contributed by atoms with van der Waals surface area (Å²) in [7, 11) is 0. The Morgan fingerprint density at radius 2 is 2.24 bits per heavy atom. The summed E-state index contributed by atoms with van der Waals surface area (Å²) in [5.41, 5.74) is 2.27. The van der Waals surface area contributed by atoms with Crippen LogP contribution >= 0.6 is 11.3 Å². The van der Waals surface area contributed by atoms with Crippen molar-refractivity contribution in [3.05, 3.63) is 40.7 Å². The van der Waals surface area contributed by atoms with E-state index in [9.17, 15) is 0 Å². The van der Waals surface area contributed by atoms with Gasteiger partial charge in [0, 0.05) is 30.0 Å². The second-order valence-electron chi connectivity index (χ2n) is 5.41. The van der Waals surface area contributed by atoms with Crippen LogP contribution < -0.4 is 5.32 Å². The molecule has 1 fully saturated rings. The summed E-state index contributed by atoms with van der Waals surface area (Å²) in [6.07, 6.45) is 3.64. The third kappa shape index (κ3) is 3.70. The average Bonchev–Trinajstić information content (AvgIpc) is 3.19. The van der Waals surface area contributed by atoms with E-state index in [4.69, 9.17) is 9.72 Å². The van der Waals surface area contributed by atoms with Crippen LogP contribution in [-0.4, -0.2) is 30.3 Å². The number of likely N-dealkylation sites (N-methyl/N-ethyl adjacent to an activating group) is 1. The largest absolute Gasteiger partial charge is 0.377 e. The number of ether oxygens (including phenoxy) is 1. The fourth-order valence-corrected chi connectivity index (χ4v) is 3.71. The summed E-state index contributed by atoms with van der Waals surface area (Å²) in [6, 6.07) is 10.8. The lowest BCUT2D eigenvalue weighted by molar-refractivity contribution is 0.0789. The van der Waals surface area contributed by atoms with Gasteiger partial charge in [-0.1, -0.05) is 37.3 Å². The molecular formula is C17H22N2OS. The van der Waals surface area contributed by atoms with E-state index in [0.717, 1.165) is 31.7 Å². The number of thiazole rings is 1. The molecule has 1 aliphatic rings. The van der Waals surface area contributed by atoms with Crippen LogP contribution in [-0.2, 0) is 11.2 Å². The van der Waals surface area contributed by atoms with Gasteiger partial charge in [0.05, 0.1) is 16.8 Å². The lowest BCUT2D eigenvalue weighted by atomic mass is 10.1. The highest BCUT2D eigenvalue weighted by molar-refractivity contribution is 7.09. The lowest BCUT2D eigenvalue weighted by Gasteiger charge is -2.22. The Morgan fingerprint density at radius 3 is 2.95 bits per heavy atom. The molecule has 0 spiro atoms. The molecule has 1 aromatic carbocycles. The van der Waals surface area contributed by atoms with Crippen LogP contribution in [0.25, 0.3) is 11.3 Å². The first-order valence-corrected chi connectivity index (χ1v) is 8.59. The zero-order valence-corrected chi connectivity index (χ0v) is 13.2. The molecule has 2 unspecified atom stereocenters. The second kappa shape index (κ2) is 7.16. The number of aromatic nitrogens is 1. The van der Waals surface area contributed by atoms with Gasteiger partial charge < -0.3 is 10.1 Å². The third-order valence-electron chi connectivity index (χ3n) is 3.90. The minimum Gasteiger partial charge on any atom is -0.377 e. The van der Waals surface area contributed by atoms with Gasteiger partial charge >= 0.3 is 0 Å². The van der Waals surface area contributed by atoms with Crippen LogP contribution in [0.2, 0.25) is 0 Å². The lowest BCUT2D eigenvalue weighted by Crippen LogP contribution is -2.41. The highest BCUT2D eigenvalue weighted by Gasteiger charge is 2.26. The summed E-state index contributed by atoms with van der Waals surface area (Å²) in [6.45, 7) is 4.03. The van der Waals surface area contributed by atoms with Gasteiger partial charge in [0.2, 0.25) is 0 Å². The molecule has 2 aromatic rings. The Bertz CT molecular complexity index is 549. The molecular weight excluding hydrogens is 280 g/mol. The molecule has 0 radical (unpaired) electrons. The van der Waals surface area contributed by atoms with Gasteiger partial charge in [-0.2, -0.15) is 0 Å². The summed E-state index contributed by atoms with van der Waals surface area (Å²) < 4.78 is 5.85. The smallest absolute Gasteiger partial charge is 0.0949 e. The fraction of sp³-hybridized carbons (Fsp3) is 0.471. The molecule has 21 heavy (non-hydrogen) atoms. The maximum Gasteiger partial charge on any atom is 0.0949 e. The zero-order chi connectivity index (χ0) is 14.5. The van der Waals surface area contributed by atoms with Gasteiger partial charge in [-0.25, -0.2) is 4.98 Å². The molecule has 112 valence electrons. The van der Waals surface area contributed by atoms with E-state index in [2.05, 4.69) is 41.9 Å². The van der Waals surface area contributed by atoms with Gasteiger partial charge in [-0.05, 0) is 19.4 Å². The monoisotopic (exact) mass is 302 g/mol. The van der Waals surface area contributed by atoms with E-state index in [1.54, 1.807) is 11.3 Å². The number of nitrogens with one attached hydrogen (secondary N) is 1. The van der Waals surface area contributed by atoms with Gasteiger partial charge in [0.15, 0.2) is 0 Å². The van der Waals surface area contributed by atoms with Crippen LogP contribution in [0.5, 0.6) is 0 Å².